The van der Waals surface area contributed by atoms with Gasteiger partial charge in [0.05, 0.1) is 4.90 Å². The topological polar surface area (TPSA) is 57.7 Å². The molecule has 5 nitrogen and oxygen atoms in total. The van der Waals surface area contributed by atoms with Gasteiger partial charge in [0.2, 0.25) is 10.0 Å². The molecule has 0 unspecified atom stereocenters. The number of nitrogens with zero attached hydrogens (tertiary/aromatic N) is 2. The highest BCUT2D eigenvalue weighted by Gasteiger charge is 2.29. The van der Waals surface area contributed by atoms with Crippen LogP contribution in [0.1, 0.15) is 22.8 Å². The normalized spacial score (nSPS) is 15.9. The molecule has 0 aliphatic carbocycles. The van der Waals surface area contributed by atoms with Crippen LogP contribution in [0.5, 0.6) is 0 Å². The fourth-order valence-electron chi connectivity index (χ4n) is 3.02. The summed E-state index contributed by atoms with van der Waals surface area (Å²) < 4.78 is 40.4. The predicted molar refractivity (Wildman–Crippen MR) is 98.6 cm³/mol. The minimum absolute atomic E-state index is 0.0158. The van der Waals surface area contributed by atoms with E-state index in [4.69, 9.17) is 0 Å². The molecule has 138 valence electrons. The third-order valence-electron chi connectivity index (χ3n) is 4.64. The van der Waals surface area contributed by atoms with Crippen molar-refractivity contribution in [1.29, 1.82) is 0 Å². The van der Waals surface area contributed by atoms with Gasteiger partial charge in [0.15, 0.2) is 5.78 Å². The predicted octanol–water partition coefficient (Wildman–Crippen LogP) is 2.85. The molecule has 1 fully saturated rings. The average Bonchev–Trinajstić information content (AvgIpc) is 2.64. The maximum atomic E-state index is 13.4. The second-order valence-corrected chi connectivity index (χ2v) is 8.34. The molecule has 1 aliphatic heterocycles. The molecule has 2 aromatic rings. The number of carbonyl (C=O) groups excluding carboxylic acids is 1. The Bertz CT molecular complexity index is 918. The van der Waals surface area contributed by atoms with Crippen molar-refractivity contribution in [1.82, 2.24) is 4.31 Å². The van der Waals surface area contributed by atoms with Crippen LogP contribution in [0.25, 0.3) is 0 Å². The molecule has 0 radical (unpaired) electrons. The summed E-state index contributed by atoms with van der Waals surface area (Å²) >= 11 is 0. The van der Waals surface area contributed by atoms with Gasteiger partial charge in [0.1, 0.15) is 5.82 Å². The highest BCUT2D eigenvalue weighted by molar-refractivity contribution is 7.89. The van der Waals surface area contributed by atoms with Gasteiger partial charge in [-0.3, -0.25) is 4.79 Å². The van der Waals surface area contributed by atoms with Crippen LogP contribution in [0.3, 0.4) is 0 Å². The van der Waals surface area contributed by atoms with Crippen LogP contribution in [0.4, 0.5) is 10.1 Å². The molecular formula is C19H21FN2O3S. The second-order valence-electron chi connectivity index (χ2n) is 6.41. The maximum Gasteiger partial charge on any atom is 0.243 e. The first kappa shape index (κ1) is 18.5. The van der Waals surface area contributed by atoms with Gasteiger partial charge >= 0.3 is 0 Å². The number of hydrogen-bond donors (Lipinski definition) is 0. The summed E-state index contributed by atoms with van der Waals surface area (Å²) in [5.41, 5.74) is 1.93. The molecule has 1 aliphatic rings. The van der Waals surface area contributed by atoms with Crippen molar-refractivity contribution < 1.29 is 17.6 Å². The minimum atomic E-state index is -3.63. The van der Waals surface area contributed by atoms with E-state index in [1.807, 2.05) is 12.1 Å². The molecule has 1 heterocycles. The van der Waals surface area contributed by atoms with Gasteiger partial charge in [0, 0.05) is 37.4 Å². The zero-order valence-electron chi connectivity index (χ0n) is 14.8. The van der Waals surface area contributed by atoms with E-state index in [9.17, 15) is 17.6 Å². The van der Waals surface area contributed by atoms with E-state index in [0.717, 1.165) is 5.69 Å². The third kappa shape index (κ3) is 3.64. The van der Waals surface area contributed by atoms with E-state index in [2.05, 4.69) is 4.90 Å². The third-order valence-corrected chi connectivity index (χ3v) is 6.54. The molecule has 26 heavy (non-hydrogen) atoms. The summed E-state index contributed by atoms with van der Waals surface area (Å²) in [7, 11) is -3.63. The van der Waals surface area contributed by atoms with Gasteiger partial charge in [-0.2, -0.15) is 4.31 Å². The molecule has 2 aromatic carbocycles. The van der Waals surface area contributed by atoms with E-state index in [0.29, 0.717) is 37.3 Å². The van der Waals surface area contributed by atoms with Crippen LogP contribution in [0.2, 0.25) is 0 Å². The zero-order chi connectivity index (χ0) is 18.9. The highest BCUT2D eigenvalue weighted by atomic mass is 32.2. The van der Waals surface area contributed by atoms with Gasteiger partial charge in [0.25, 0.3) is 0 Å². The molecular weight excluding hydrogens is 355 g/mol. The van der Waals surface area contributed by atoms with Crippen LogP contribution in [0.15, 0.2) is 47.4 Å². The van der Waals surface area contributed by atoms with Gasteiger partial charge in [-0.25, -0.2) is 12.8 Å². The Kier molecular flexibility index (Phi) is 5.11. The molecule has 0 spiro atoms. The molecule has 1 saturated heterocycles. The molecule has 0 aromatic heterocycles. The number of halogens is 1. The molecule has 0 N–H and O–H groups in total. The van der Waals surface area contributed by atoms with Crippen molar-refractivity contribution in [3.63, 3.8) is 0 Å². The van der Waals surface area contributed by atoms with Crippen molar-refractivity contribution in [2.24, 2.45) is 0 Å². The Morgan fingerprint density at radius 1 is 1.00 bits per heavy atom. The number of aryl methyl sites for hydroxylation is 1. The lowest BCUT2D eigenvalue weighted by Gasteiger charge is -2.35. The number of ketones is 1. The van der Waals surface area contributed by atoms with Crippen molar-refractivity contribution in [2.45, 2.75) is 18.7 Å². The second kappa shape index (κ2) is 7.17. The van der Waals surface area contributed by atoms with Crippen molar-refractivity contribution in [2.75, 3.05) is 31.1 Å². The van der Waals surface area contributed by atoms with Gasteiger partial charge < -0.3 is 4.90 Å². The van der Waals surface area contributed by atoms with Crippen LogP contribution in [0, 0.1) is 12.7 Å². The first-order valence-corrected chi connectivity index (χ1v) is 9.85. The Labute approximate surface area is 153 Å². The zero-order valence-corrected chi connectivity index (χ0v) is 15.6. The van der Waals surface area contributed by atoms with E-state index >= 15 is 0 Å². The van der Waals surface area contributed by atoms with Crippen LogP contribution < -0.4 is 4.90 Å². The molecule has 3 rings (SSSR count). The summed E-state index contributed by atoms with van der Waals surface area (Å²) in [6, 6.07) is 11.2. The summed E-state index contributed by atoms with van der Waals surface area (Å²) in [5, 5.41) is 0. The lowest BCUT2D eigenvalue weighted by atomic mass is 10.1. The summed E-state index contributed by atoms with van der Waals surface area (Å²) in [6.07, 6.45) is 0. The standard InChI is InChI=1S/C19H21FN2O3S/c1-14-13-18(7-8-19(14)20)26(24,25)22-11-9-21(10-12-22)17-5-3-16(4-6-17)15(2)23/h3-8,13H,9-12H2,1-2H3. The summed E-state index contributed by atoms with van der Waals surface area (Å²) in [5.74, 6) is -0.398. The van der Waals surface area contributed by atoms with E-state index < -0.39 is 15.8 Å². The number of rotatable bonds is 4. The fraction of sp³-hybridized carbons (Fsp3) is 0.316. The van der Waals surface area contributed by atoms with Crippen LogP contribution in [-0.4, -0.2) is 44.7 Å². The lowest BCUT2D eigenvalue weighted by Crippen LogP contribution is -2.48. The monoisotopic (exact) mass is 376 g/mol. The first-order chi connectivity index (χ1) is 12.3. The van der Waals surface area contributed by atoms with Crippen LogP contribution >= 0.6 is 0 Å². The Morgan fingerprint density at radius 2 is 1.62 bits per heavy atom. The van der Waals surface area contributed by atoms with E-state index in [-0.39, 0.29) is 10.7 Å². The van der Waals surface area contributed by atoms with Crippen molar-refractivity contribution >= 4 is 21.5 Å². The molecule has 0 bridgehead atoms. The van der Waals surface area contributed by atoms with E-state index in [1.165, 1.54) is 29.4 Å². The number of hydrogen-bond acceptors (Lipinski definition) is 4. The highest BCUT2D eigenvalue weighted by Crippen LogP contribution is 2.23. The average molecular weight is 376 g/mol. The van der Waals surface area contributed by atoms with Gasteiger partial charge in [-0.1, -0.05) is 0 Å². The molecule has 0 atom stereocenters. The largest absolute Gasteiger partial charge is 0.369 e. The fourth-order valence-corrected chi connectivity index (χ4v) is 4.53. The first-order valence-electron chi connectivity index (χ1n) is 8.41. The SMILES string of the molecule is CC(=O)c1ccc(N2CCN(S(=O)(=O)c3ccc(F)c(C)c3)CC2)cc1. The summed E-state index contributed by atoms with van der Waals surface area (Å²) in [4.78, 5) is 13.6. The quantitative estimate of drug-likeness (QED) is 0.770. The van der Waals surface area contributed by atoms with Crippen LogP contribution in [-0.2, 0) is 10.0 Å². The molecule has 0 amide bonds. The smallest absolute Gasteiger partial charge is 0.243 e. The number of piperazine rings is 1. The lowest BCUT2D eigenvalue weighted by molar-refractivity contribution is 0.101. The molecule has 7 heteroatoms. The van der Waals surface area contributed by atoms with Gasteiger partial charge in [-0.15, -0.1) is 0 Å². The number of anilines is 1. The Balaban J connectivity index is 1.71. The Hall–Kier alpha value is -2.25. The van der Waals surface area contributed by atoms with Crippen molar-refractivity contribution in [3.05, 3.63) is 59.4 Å². The number of Topliss-reactive ketones (excluding diaryl/α,β-unsaturated/α-hetero) is 1. The number of benzene rings is 2. The number of carbonyl (C=O) groups is 1. The minimum Gasteiger partial charge on any atom is -0.369 e. The van der Waals surface area contributed by atoms with Crippen molar-refractivity contribution in [3.8, 4) is 0 Å². The molecule has 0 saturated carbocycles. The Morgan fingerprint density at radius 3 is 2.15 bits per heavy atom. The number of sulfonamides is 1. The van der Waals surface area contributed by atoms with Gasteiger partial charge in [-0.05, 0) is 61.9 Å². The maximum absolute atomic E-state index is 13.4. The summed E-state index contributed by atoms with van der Waals surface area (Å²) in [6.45, 7) is 4.89. The van der Waals surface area contributed by atoms with E-state index in [1.54, 1.807) is 19.1 Å².